The van der Waals surface area contributed by atoms with E-state index in [0.29, 0.717) is 4.47 Å². The second-order valence-electron chi connectivity index (χ2n) is 3.36. The maximum Gasteiger partial charge on any atom is 0.359 e. The third-order valence-corrected chi connectivity index (χ3v) is 3.28. The highest BCUT2D eigenvalue weighted by Crippen LogP contribution is 2.23. The summed E-state index contributed by atoms with van der Waals surface area (Å²) in [7, 11) is 1.33. The standard InChI is InChI=1S/C11H10BrN3O2/c1-7-9(12)10(11(16)17-2)14-15(7)8-3-5-13-6-4-8/h3-6H,1-2H3. The first-order chi connectivity index (χ1) is 8.15. The Morgan fingerprint density at radius 3 is 2.65 bits per heavy atom. The first kappa shape index (κ1) is 11.8. The van der Waals surface area contributed by atoms with Crippen molar-refractivity contribution < 1.29 is 9.53 Å². The van der Waals surface area contributed by atoms with Crippen LogP contribution in [0.25, 0.3) is 5.69 Å². The number of carbonyl (C=O) groups excluding carboxylic acids is 1. The molecule has 2 rings (SSSR count). The maximum atomic E-state index is 11.5. The summed E-state index contributed by atoms with van der Waals surface area (Å²) in [5.41, 5.74) is 1.94. The Balaban J connectivity index is 2.54. The van der Waals surface area contributed by atoms with Gasteiger partial charge in [-0.25, -0.2) is 9.48 Å². The molecular weight excluding hydrogens is 286 g/mol. The number of aromatic nitrogens is 3. The second kappa shape index (κ2) is 4.67. The summed E-state index contributed by atoms with van der Waals surface area (Å²) in [6, 6.07) is 3.63. The van der Waals surface area contributed by atoms with E-state index < -0.39 is 5.97 Å². The van der Waals surface area contributed by atoms with Gasteiger partial charge in [0.05, 0.1) is 23.0 Å². The van der Waals surface area contributed by atoms with Crippen molar-refractivity contribution in [1.29, 1.82) is 0 Å². The van der Waals surface area contributed by atoms with Gasteiger partial charge in [0, 0.05) is 12.4 Å². The monoisotopic (exact) mass is 295 g/mol. The minimum atomic E-state index is -0.465. The Hall–Kier alpha value is -1.69. The fourth-order valence-electron chi connectivity index (χ4n) is 1.45. The molecule has 0 aromatic carbocycles. The number of nitrogens with zero attached hydrogens (tertiary/aromatic N) is 3. The number of hydrogen-bond acceptors (Lipinski definition) is 4. The zero-order chi connectivity index (χ0) is 12.4. The predicted octanol–water partition coefficient (Wildman–Crippen LogP) is 2.12. The van der Waals surface area contributed by atoms with Gasteiger partial charge in [-0.2, -0.15) is 5.10 Å². The van der Waals surface area contributed by atoms with Gasteiger partial charge in [-0.05, 0) is 35.0 Å². The molecule has 17 heavy (non-hydrogen) atoms. The Morgan fingerprint density at radius 2 is 2.06 bits per heavy atom. The van der Waals surface area contributed by atoms with Crippen molar-refractivity contribution in [3.63, 3.8) is 0 Å². The van der Waals surface area contributed by atoms with Gasteiger partial charge < -0.3 is 4.74 Å². The van der Waals surface area contributed by atoms with Gasteiger partial charge >= 0.3 is 5.97 Å². The molecule has 0 saturated heterocycles. The van der Waals surface area contributed by atoms with Crippen molar-refractivity contribution in [3.05, 3.63) is 40.4 Å². The average molecular weight is 296 g/mol. The van der Waals surface area contributed by atoms with E-state index in [2.05, 4.69) is 30.7 Å². The molecule has 0 amide bonds. The summed E-state index contributed by atoms with van der Waals surface area (Å²) in [6.45, 7) is 1.87. The van der Waals surface area contributed by atoms with Crippen LogP contribution in [0, 0.1) is 6.92 Å². The molecule has 0 unspecified atom stereocenters. The quantitative estimate of drug-likeness (QED) is 0.797. The zero-order valence-electron chi connectivity index (χ0n) is 9.35. The van der Waals surface area contributed by atoms with Crippen LogP contribution < -0.4 is 0 Å². The van der Waals surface area contributed by atoms with Crippen LogP contribution in [0.2, 0.25) is 0 Å². The number of rotatable bonds is 2. The predicted molar refractivity (Wildman–Crippen MR) is 65.1 cm³/mol. The smallest absolute Gasteiger partial charge is 0.359 e. The molecule has 0 aliphatic heterocycles. The van der Waals surface area contributed by atoms with Gasteiger partial charge in [0.15, 0.2) is 5.69 Å². The minimum absolute atomic E-state index is 0.266. The van der Waals surface area contributed by atoms with Gasteiger partial charge in [-0.3, -0.25) is 4.98 Å². The second-order valence-corrected chi connectivity index (χ2v) is 4.15. The van der Waals surface area contributed by atoms with Crippen LogP contribution in [0.15, 0.2) is 29.0 Å². The number of carbonyl (C=O) groups is 1. The number of hydrogen-bond donors (Lipinski definition) is 0. The SMILES string of the molecule is COC(=O)c1nn(-c2ccncc2)c(C)c1Br. The van der Waals surface area contributed by atoms with Gasteiger partial charge in [0.2, 0.25) is 0 Å². The zero-order valence-corrected chi connectivity index (χ0v) is 10.9. The molecule has 0 saturated carbocycles. The van der Waals surface area contributed by atoms with Crippen molar-refractivity contribution >= 4 is 21.9 Å². The highest BCUT2D eigenvalue weighted by atomic mass is 79.9. The third-order valence-electron chi connectivity index (χ3n) is 2.33. The lowest BCUT2D eigenvalue weighted by molar-refractivity contribution is 0.0592. The minimum Gasteiger partial charge on any atom is -0.464 e. The van der Waals surface area contributed by atoms with Gasteiger partial charge in [0.25, 0.3) is 0 Å². The summed E-state index contributed by atoms with van der Waals surface area (Å²) in [5.74, 6) is -0.465. The average Bonchev–Trinajstić information content (AvgIpc) is 2.67. The van der Waals surface area contributed by atoms with Gasteiger partial charge in [-0.1, -0.05) is 0 Å². The Bertz CT molecular complexity index is 551. The molecule has 6 heteroatoms. The molecule has 0 spiro atoms. The van der Waals surface area contributed by atoms with Crippen LogP contribution in [0.3, 0.4) is 0 Å². The van der Waals surface area contributed by atoms with E-state index in [1.165, 1.54) is 7.11 Å². The summed E-state index contributed by atoms with van der Waals surface area (Å²) in [6.07, 6.45) is 3.34. The normalized spacial score (nSPS) is 10.3. The number of esters is 1. The largest absolute Gasteiger partial charge is 0.464 e. The summed E-state index contributed by atoms with van der Waals surface area (Å²) < 4.78 is 6.97. The molecule has 2 aromatic heterocycles. The van der Waals surface area contributed by atoms with E-state index in [1.807, 2.05) is 19.1 Å². The van der Waals surface area contributed by atoms with Gasteiger partial charge in [-0.15, -0.1) is 0 Å². The van der Waals surface area contributed by atoms with Crippen LogP contribution in [-0.4, -0.2) is 27.8 Å². The highest BCUT2D eigenvalue weighted by Gasteiger charge is 2.19. The van der Waals surface area contributed by atoms with Crippen LogP contribution in [0.5, 0.6) is 0 Å². The topological polar surface area (TPSA) is 57.0 Å². The number of methoxy groups -OCH3 is 1. The van der Waals surface area contributed by atoms with Crippen molar-refractivity contribution in [2.24, 2.45) is 0 Å². The Labute approximate surface area is 107 Å². The summed E-state index contributed by atoms with van der Waals surface area (Å²) in [4.78, 5) is 15.4. The molecule has 5 nitrogen and oxygen atoms in total. The van der Waals surface area contributed by atoms with Crippen molar-refractivity contribution in [3.8, 4) is 5.69 Å². The van der Waals surface area contributed by atoms with Crippen LogP contribution >= 0.6 is 15.9 Å². The number of ether oxygens (including phenoxy) is 1. The van der Waals surface area contributed by atoms with Crippen LogP contribution in [0.1, 0.15) is 16.2 Å². The first-order valence-electron chi connectivity index (χ1n) is 4.89. The van der Waals surface area contributed by atoms with E-state index in [4.69, 9.17) is 0 Å². The third kappa shape index (κ3) is 2.08. The van der Waals surface area contributed by atoms with Crippen molar-refractivity contribution in [2.45, 2.75) is 6.92 Å². The van der Waals surface area contributed by atoms with Crippen molar-refractivity contribution in [2.75, 3.05) is 7.11 Å². The summed E-state index contributed by atoms with van der Waals surface area (Å²) in [5, 5.41) is 4.22. The van der Waals surface area contributed by atoms with Crippen LogP contribution in [-0.2, 0) is 4.74 Å². The van der Waals surface area contributed by atoms with Gasteiger partial charge in [0.1, 0.15) is 0 Å². The molecule has 0 radical (unpaired) electrons. The molecule has 0 aliphatic rings. The molecule has 0 fully saturated rings. The summed E-state index contributed by atoms with van der Waals surface area (Å²) >= 11 is 3.34. The molecular formula is C11H10BrN3O2. The Kier molecular flexibility index (Phi) is 3.23. The van der Waals surface area contributed by atoms with Crippen LogP contribution in [0.4, 0.5) is 0 Å². The molecule has 0 atom stereocenters. The van der Waals surface area contributed by atoms with E-state index in [0.717, 1.165) is 11.4 Å². The highest BCUT2D eigenvalue weighted by molar-refractivity contribution is 9.10. The fraction of sp³-hybridized carbons (Fsp3) is 0.182. The molecule has 0 aliphatic carbocycles. The number of halogens is 1. The number of pyridine rings is 1. The van der Waals surface area contributed by atoms with E-state index >= 15 is 0 Å². The molecule has 88 valence electrons. The lowest BCUT2D eigenvalue weighted by Gasteiger charge is -2.02. The fourth-order valence-corrected chi connectivity index (χ4v) is 1.86. The van der Waals surface area contributed by atoms with Crippen molar-refractivity contribution in [1.82, 2.24) is 14.8 Å². The molecule has 2 aromatic rings. The lowest BCUT2D eigenvalue weighted by atomic mass is 10.3. The van der Waals surface area contributed by atoms with E-state index in [1.54, 1.807) is 17.1 Å². The Morgan fingerprint density at radius 1 is 1.41 bits per heavy atom. The maximum absolute atomic E-state index is 11.5. The first-order valence-corrected chi connectivity index (χ1v) is 5.68. The van der Waals surface area contributed by atoms with E-state index in [-0.39, 0.29) is 5.69 Å². The molecule has 0 N–H and O–H groups in total. The molecule has 0 bridgehead atoms. The van der Waals surface area contributed by atoms with E-state index in [9.17, 15) is 4.79 Å². The molecule has 2 heterocycles. The lowest BCUT2D eigenvalue weighted by Crippen LogP contribution is -2.04.